The van der Waals surface area contributed by atoms with Crippen molar-refractivity contribution >= 4 is 11.7 Å². The highest BCUT2D eigenvalue weighted by Crippen LogP contribution is 2.19. The van der Waals surface area contributed by atoms with E-state index in [2.05, 4.69) is 14.9 Å². The second-order valence-corrected chi connectivity index (χ2v) is 6.91. The molecule has 1 atom stereocenters. The van der Waals surface area contributed by atoms with Crippen LogP contribution in [0, 0.1) is 6.92 Å². The number of aromatic nitrogens is 2. The van der Waals surface area contributed by atoms with Crippen LogP contribution < -0.4 is 10.2 Å². The topological polar surface area (TPSA) is 61.4 Å². The van der Waals surface area contributed by atoms with E-state index in [9.17, 15) is 18.0 Å². The van der Waals surface area contributed by atoms with E-state index in [4.69, 9.17) is 0 Å². The molecule has 1 aromatic rings. The van der Waals surface area contributed by atoms with Crippen molar-refractivity contribution in [1.29, 1.82) is 0 Å². The van der Waals surface area contributed by atoms with Crippen molar-refractivity contribution < 1.29 is 18.0 Å². The minimum absolute atomic E-state index is 0.229. The van der Waals surface area contributed by atoms with E-state index in [0.717, 1.165) is 17.3 Å². The van der Waals surface area contributed by atoms with Gasteiger partial charge in [0.15, 0.2) is 0 Å². The summed E-state index contributed by atoms with van der Waals surface area (Å²) in [5.74, 6) is 1.28. The van der Waals surface area contributed by atoms with Crippen molar-refractivity contribution in [3.63, 3.8) is 0 Å². The summed E-state index contributed by atoms with van der Waals surface area (Å²) in [6.07, 6.45) is -4.40. The number of nitrogens with zero attached hydrogens (tertiary/aromatic N) is 4. The Labute approximate surface area is 151 Å². The molecule has 0 bridgehead atoms. The maximum atomic E-state index is 12.2. The third kappa shape index (κ3) is 5.55. The standard InChI is InChI=1S/C17H26F3N5O/c1-11(2)15-22-12(3)9-14(23-15)25-7-5-24(6-8-25)13(4)16(26)21-10-17(18,19)20/h9,11,13H,5-8,10H2,1-4H3,(H,21,26). The molecule has 0 aromatic carbocycles. The van der Waals surface area contributed by atoms with Crippen LogP contribution in [0.25, 0.3) is 0 Å². The van der Waals surface area contributed by atoms with Gasteiger partial charge >= 0.3 is 6.18 Å². The molecule has 6 nitrogen and oxygen atoms in total. The molecule has 0 aliphatic carbocycles. The molecule has 1 N–H and O–H groups in total. The molecule has 1 aliphatic rings. The van der Waals surface area contributed by atoms with Crippen molar-refractivity contribution in [2.24, 2.45) is 0 Å². The smallest absolute Gasteiger partial charge is 0.354 e. The van der Waals surface area contributed by atoms with Crippen LogP contribution in [-0.2, 0) is 4.79 Å². The zero-order valence-electron chi connectivity index (χ0n) is 15.6. The molecule has 26 heavy (non-hydrogen) atoms. The lowest BCUT2D eigenvalue weighted by molar-refractivity contribution is -0.141. The van der Waals surface area contributed by atoms with Crippen LogP contribution in [0.15, 0.2) is 6.07 Å². The largest absolute Gasteiger partial charge is 0.405 e. The minimum atomic E-state index is -4.40. The fraction of sp³-hybridized carbons (Fsp3) is 0.706. The van der Waals surface area contributed by atoms with Crippen molar-refractivity contribution in [3.8, 4) is 0 Å². The van der Waals surface area contributed by atoms with Gasteiger partial charge in [-0.15, -0.1) is 0 Å². The van der Waals surface area contributed by atoms with Gasteiger partial charge in [0.2, 0.25) is 5.91 Å². The Morgan fingerprint density at radius 3 is 2.35 bits per heavy atom. The Balaban J connectivity index is 1.93. The van der Waals surface area contributed by atoms with Crippen molar-refractivity contribution in [2.75, 3.05) is 37.6 Å². The highest BCUT2D eigenvalue weighted by Gasteiger charge is 2.31. The number of aryl methyl sites for hydroxylation is 1. The first-order chi connectivity index (χ1) is 12.1. The highest BCUT2D eigenvalue weighted by atomic mass is 19.4. The lowest BCUT2D eigenvalue weighted by Crippen LogP contribution is -2.54. The monoisotopic (exact) mass is 373 g/mol. The summed E-state index contributed by atoms with van der Waals surface area (Å²) >= 11 is 0. The van der Waals surface area contributed by atoms with Gasteiger partial charge in [0.05, 0.1) is 6.04 Å². The van der Waals surface area contributed by atoms with Crippen LogP contribution in [0.3, 0.4) is 0 Å². The molecule has 2 rings (SSSR count). The van der Waals surface area contributed by atoms with Crippen LogP contribution in [0.1, 0.15) is 38.2 Å². The van der Waals surface area contributed by atoms with Crippen LogP contribution in [-0.4, -0.2) is 65.7 Å². The van der Waals surface area contributed by atoms with Crippen molar-refractivity contribution in [3.05, 3.63) is 17.6 Å². The lowest BCUT2D eigenvalue weighted by Gasteiger charge is -2.38. The number of hydrogen-bond donors (Lipinski definition) is 1. The van der Waals surface area contributed by atoms with Gasteiger partial charge in [0.25, 0.3) is 0 Å². The normalized spacial score (nSPS) is 17.5. The summed E-state index contributed by atoms with van der Waals surface area (Å²) in [4.78, 5) is 25.0. The Hall–Kier alpha value is -1.90. The van der Waals surface area contributed by atoms with Gasteiger partial charge in [0, 0.05) is 43.9 Å². The number of hydrogen-bond acceptors (Lipinski definition) is 5. The average molecular weight is 373 g/mol. The second-order valence-electron chi connectivity index (χ2n) is 6.91. The fourth-order valence-corrected chi connectivity index (χ4v) is 2.83. The lowest BCUT2D eigenvalue weighted by atomic mass is 10.2. The number of alkyl halides is 3. The summed E-state index contributed by atoms with van der Waals surface area (Å²) in [6, 6.07) is 1.33. The third-order valence-electron chi connectivity index (χ3n) is 4.40. The molecule has 1 fully saturated rings. The number of rotatable bonds is 5. The van der Waals surface area contributed by atoms with Crippen molar-refractivity contribution in [2.45, 2.75) is 45.8 Å². The maximum absolute atomic E-state index is 12.2. The summed E-state index contributed by atoms with van der Waals surface area (Å²) in [5, 5.41) is 1.95. The molecule has 1 amide bonds. The minimum Gasteiger partial charge on any atom is -0.354 e. The first kappa shape index (κ1) is 20.4. The summed E-state index contributed by atoms with van der Waals surface area (Å²) in [6.45, 7) is 8.83. The van der Waals surface area contributed by atoms with E-state index < -0.39 is 24.7 Å². The van der Waals surface area contributed by atoms with E-state index in [1.807, 2.05) is 37.1 Å². The number of carbonyl (C=O) groups excluding carboxylic acids is 1. The average Bonchev–Trinajstić information content (AvgIpc) is 2.58. The van der Waals surface area contributed by atoms with Crippen LogP contribution in [0.2, 0.25) is 0 Å². The van der Waals surface area contributed by atoms with E-state index in [1.54, 1.807) is 6.92 Å². The SMILES string of the molecule is Cc1cc(N2CCN(C(C)C(=O)NCC(F)(F)F)CC2)nc(C(C)C)n1. The maximum Gasteiger partial charge on any atom is 0.405 e. The first-order valence-electron chi connectivity index (χ1n) is 8.76. The van der Waals surface area contributed by atoms with Gasteiger partial charge in [0.1, 0.15) is 18.2 Å². The molecule has 0 spiro atoms. The van der Waals surface area contributed by atoms with Crippen LogP contribution in [0.4, 0.5) is 19.0 Å². The van der Waals surface area contributed by atoms with Gasteiger partial charge in [-0.1, -0.05) is 13.8 Å². The van der Waals surface area contributed by atoms with Gasteiger partial charge in [-0.2, -0.15) is 13.2 Å². The van der Waals surface area contributed by atoms with Crippen LogP contribution >= 0.6 is 0 Å². The Morgan fingerprint density at radius 1 is 1.19 bits per heavy atom. The fourth-order valence-electron chi connectivity index (χ4n) is 2.83. The molecule has 1 aromatic heterocycles. The Morgan fingerprint density at radius 2 is 1.81 bits per heavy atom. The van der Waals surface area contributed by atoms with Gasteiger partial charge in [-0.25, -0.2) is 9.97 Å². The van der Waals surface area contributed by atoms with Gasteiger partial charge in [-0.3, -0.25) is 9.69 Å². The number of nitrogens with one attached hydrogen (secondary N) is 1. The van der Waals surface area contributed by atoms with Gasteiger partial charge in [-0.05, 0) is 13.8 Å². The predicted molar refractivity (Wildman–Crippen MR) is 93.2 cm³/mol. The van der Waals surface area contributed by atoms with Crippen molar-refractivity contribution in [1.82, 2.24) is 20.2 Å². The van der Waals surface area contributed by atoms with Gasteiger partial charge < -0.3 is 10.2 Å². The van der Waals surface area contributed by atoms with Crippen LogP contribution in [0.5, 0.6) is 0 Å². The van der Waals surface area contributed by atoms with E-state index in [1.165, 1.54) is 0 Å². The summed E-state index contributed by atoms with van der Waals surface area (Å²) in [7, 11) is 0. The molecule has 0 saturated carbocycles. The molecular weight excluding hydrogens is 347 g/mol. The molecular formula is C17H26F3N5O. The number of halogens is 3. The number of carbonyl (C=O) groups is 1. The molecule has 1 aliphatic heterocycles. The first-order valence-corrected chi connectivity index (χ1v) is 8.76. The zero-order valence-corrected chi connectivity index (χ0v) is 15.6. The molecule has 0 radical (unpaired) electrons. The zero-order chi connectivity index (χ0) is 19.5. The molecule has 1 unspecified atom stereocenters. The Kier molecular flexibility index (Phi) is 6.44. The van der Waals surface area contributed by atoms with E-state index >= 15 is 0 Å². The Bertz CT molecular complexity index is 627. The predicted octanol–water partition coefficient (Wildman–Crippen LogP) is 2.10. The summed E-state index contributed by atoms with van der Waals surface area (Å²) < 4.78 is 36.7. The summed E-state index contributed by atoms with van der Waals surface area (Å²) in [5.41, 5.74) is 0.904. The molecule has 9 heteroatoms. The number of anilines is 1. The van der Waals surface area contributed by atoms with E-state index in [0.29, 0.717) is 26.2 Å². The molecule has 1 saturated heterocycles. The number of piperazine rings is 1. The number of amides is 1. The quantitative estimate of drug-likeness (QED) is 0.857. The molecule has 146 valence electrons. The third-order valence-corrected chi connectivity index (χ3v) is 4.40. The highest BCUT2D eigenvalue weighted by molar-refractivity contribution is 5.81. The molecule has 2 heterocycles. The second kappa shape index (κ2) is 8.20. The van der Waals surface area contributed by atoms with E-state index in [-0.39, 0.29) is 5.92 Å².